The quantitative estimate of drug-likeness (QED) is 0.736. The van der Waals surface area contributed by atoms with Crippen LogP contribution in [0.3, 0.4) is 0 Å². The highest BCUT2D eigenvalue weighted by Crippen LogP contribution is 2.19. The highest BCUT2D eigenvalue weighted by atomic mass is 79.9. The number of carbonyl (C=O) groups excluding carboxylic acids is 1. The SMILES string of the molecule is COC(CNC(=O)/C=C/c1ccc(C)cc1Br)CC(=O)O. The molecule has 1 aromatic carbocycles. The predicted octanol–water partition coefficient (Wildman–Crippen LogP) is 2.38. The number of hydrogen-bond acceptors (Lipinski definition) is 3. The maximum absolute atomic E-state index is 11.7. The second-order valence-corrected chi connectivity index (χ2v) is 5.41. The molecule has 0 aliphatic heterocycles. The van der Waals surface area contributed by atoms with E-state index in [0.29, 0.717) is 0 Å². The van der Waals surface area contributed by atoms with Crippen LogP contribution in [-0.4, -0.2) is 36.7 Å². The van der Waals surface area contributed by atoms with E-state index in [0.717, 1.165) is 15.6 Å². The number of carbonyl (C=O) groups is 2. The van der Waals surface area contributed by atoms with Crippen molar-refractivity contribution in [1.82, 2.24) is 5.32 Å². The van der Waals surface area contributed by atoms with E-state index in [9.17, 15) is 9.59 Å². The van der Waals surface area contributed by atoms with E-state index in [4.69, 9.17) is 9.84 Å². The fourth-order valence-electron chi connectivity index (χ4n) is 1.64. The summed E-state index contributed by atoms with van der Waals surface area (Å²) in [5.41, 5.74) is 2.02. The first-order chi connectivity index (χ1) is 9.92. The van der Waals surface area contributed by atoms with Gasteiger partial charge in [-0.2, -0.15) is 0 Å². The maximum atomic E-state index is 11.7. The Bertz CT molecular complexity index is 542. The van der Waals surface area contributed by atoms with E-state index in [1.807, 2.05) is 25.1 Å². The number of rotatable bonds is 7. The van der Waals surface area contributed by atoms with E-state index in [-0.39, 0.29) is 18.9 Å². The Labute approximate surface area is 132 Å². The number of hydrogen-bond donors (Lipinski definition) is 2. The Kier molecular flexibility index (Phi) is 7.11. The number of carboxylic acid groups (broad SMARTS) is 1. The molecular formula is C15H18BrNO4. The average molecular weight is 356 g/mol. The normalized spacial score (nSPS) is 12.3. The van der Waals surface area contributed by atoms with Crippen molar-refractivity contribution in [3.63, 3.8) is 0 Å². The molecule has 0 heterocycles. The maximum Gasteiger partial charge on any atom is 0.306 e. The van der Waals surface area contributed by atoms with E-state index in [2.05, 4.69) is 21.2 Å². The van der Waals surface area contributed by atoms with Crippen LogP contribution in [0.4, 0.5) is 0 Å². The molecule has 1 amide bonds. The van der Waals surface area contributed by atoms with Gasteiger partial charge in [0.1, 0.15) is 0 Å². The van der Waals surface area contributed by atoms with Gasteiger partial charge in [0, 0.05) is 24.2 Å². The van der Waals surface area contributed by atoms with Crippen LogP contribution in [0.15, 0.2) is 28.7 Å². The number of nitrogens with one attached hydrogen (secondary N) is 1. The van der Waals surface area contributed by atoms with Gasteiger partial charge < -0.3 is 15.2 Å². The molecule has 0 aromatic heterocycles. The summed E-state index contributed by atoms with van der Waals surface area (Å²) in [6, 6.07) is 5.83. The molecule has 2 N–H and O–H groups in total. The average Bonchev–Trinajstić information content (AvgIpc) is 2.42. The lowest BCUT2D eigenvalue weighted by Crippen LogP contribution is -2.33. The van der Waals surface area contributed by atoms with Crippen LogP contribution in [0.25, 0.3) is 6.08 Å². The molecule has 1 rings (SSSR count). The molecule has 1 atom stereocenters. The minimum atomic E-state index is -0.963. The molecule has 21 heavy (non-hydrogen) atoms. The van der Waals surface area contributed by atoms with E-state index < -0.39 is 12.1 Å². The Morgan fingerprint density at radius 1 is 1.48 bits per heavy atom. The van der Waals surface area contributed by atoms with Crippen LogP contribution in [0.5, 0.6) is 0 Å². The fourth-order valence-corrected chi connectivity index (χ4v) is 2.27. The van der Waals surface area contributed by atoms with Gasteiger partial charge in [-0.15, -0.1) is 0 Å². The summed E-state index contributed by atoms with van der Waals surface area (Å²) in [4.78, 5) is 22.3. The van der Waals surface area contributed by atoms with E-state index in [1.54, 1.807) is 6.08 Å². The molecule has 0 aliphatic rings. The zero-order chi connectivity index (χ0) is 15.8. The summed E-state index contributed by atoms with van der Waals surface area (Å²) < 4.78 is 5.89. The zero-order valence-electron chi connectivity index (χ0n) is 11.9. The zero-order valence-corrected chi connectivity index (χ0v) is 13.5. The third-order valence-electron chi connectivity index (χ3n) is 2.81. The summed E-state index contributed by atoms with van der Waals surface area (Å²) in [5, 5.41) is 11.3. The van der Waals surface area contributed by atoms with Gasteiger partial charge in [-0.25, -0.2) is 0 Å². The van der Waals surface area contributed by atoms with Crippen molar-refractivity contribution in [2.24, 2.45) is 0 Å². The number of carboxylic acids is 1. The number of benzene rings is 1. The van der Waals surface area contributed by atoms with Crippen molar-refractivity contribution < 1.29 is 19.4 Å². The van der Waals surface area contributed by atoms with Gasteiger partial charge in [0.2, 0.25) is 5.91 Å². The molecular weight excluding hydrogens is 338 g/mol. The van der Waals surface area contributed by atoms with Gasteiger partial charge in [0.25, 0.3) is 0 Å². The number of halogens is 1. The minimum Gasteiger partial charge on any atom is -0.481 e. The first-order valence-electron chi connectivity index (χ1n) is 6.39. The summed E-state index contributed by atoms with van der Waals surface area (Å²) in [7, 11) is 1.42. The second-order valence-electron chi connectivity index (χ2n) is 4.56. The molecule has 0 fully saturated rings. The molecule has 0 spiro atoms. The lowest BCUT2D eigenvalue weighted by atomic mass is 10.1. The molecule has 0 aliphatic carbocycles. The van der Waals surface area contributed by atoms with Gasteiger partial charge in [0.15, 0.2) is 0 Å². The largest absolute Gasteiger partial charge is 0.481 e. The molecule has 6 heteroatoms. The lowest BCUT2D eigenvalue weighted by molar-refractivity contribution is -0.140. The number of ether oxygens (including phenoxy) is 1. The standard InChI is InChI=1S/C15H18BrNO4/c1-10-3-4-11(13(16)7-10)5-6-14(18)17-9-12(21-2)8-15(19)20/h3-7,12H,8-9H2,1-2H3,(H,17,18)(H,19,20)/b6-5+. The summed E-state index contributed by atoms with van der Waals surface area (Å²) in [5.74, 6) is -1.26. The number of amides is 1. The van der Waals surface area contributed by atoms with Crippen molar-refractivity contribution in [2.75, 3.05) is 13.7 Å². The Balaban J connectivity index is 2.53. The van der Waals surface area contributed by atoms with Gasteiger partial charge >= 0.3 is 5.97 Å². The smallest absolute Gasteiger partial charge is 0.306 e. The Morgan fingerprint density at radius 3 is 2.76 bits per heavy atom. The van der Waals surface area contributed by atoms with Crippen molar-refractivity contribution in [3.8, 4) is 0 Å². The van der Waals surface area contributed by atoms with Gasteiger partial charge in [-0.1, -0.05) is 28.1 Å². The molecule has 0 radical (unpaired) electrons. The molecule has 1 aromatic rings. The van der Waals surface area contributed by atoms with Crippen LogP contribution in [0.1, 0.15) is 17.5 Å². The summed E-state index contributed by atoms with van der Waals surface area (Å²) >= 11 is 3.43. The van der Waals surface area contributed by atoms with Gasteiger partial charge in [0.05, 0.1) is 12.5 Å². The van der Waals surface area contributed by atoms with Crippen LogP contribution in [0, 0.1) is 6.92 Å². The predicted molar refractivity (Wildman–Crippen MR) is 84.0 cm³/mol. The Morgan fingerprint density at radius 2 is 2.19 bits per heavy atom. The van der Waals surface area contributed by atoms with Crippen molar-refractivity contribution in [3.05, 3.63) is 39.9 Å². The van der Waals surface area contributed by atoms with Gasteiger partial charge in [-0.3, -0.25) is 9.59 Å². The monoisotopic (exact) mass is 355 g/mol. The molecule has 114 valence electrons. The summed E-state index contributed by atoms with van der Waals surface area (Å²) in [6.45, 7) is 2.14. The van der Waals surface area contributed by atoms with Crippen molar-refractivity contribution in [2.45, 2.75) is 19.4 Å². The van der Waals surface area contributed by atoms with Crippen LogP contribution in [0.2, 0.25) is 0 Å². The Hall–Kier alpha value is -1.66. The van der Waals surface area contributed by atoms with Gasteiger partial charge in [-0.05, 0) is 30.2 Å². The minimum absolute atomic E-state index is 0.149. The molecule has 0 saturated carbocycles. The summed E-state index contributed by atoms with van der Waals surface area (Å²) in [6.07, 6.45) is 2.41. The number of aryl methyl sites for hydroxylation is 1. The van der Waals surface area contributed by atoms with Crippen LogP contribution < -0.4 is 5.32 Å². The fraction of sp³-hybridized carbons (Fsp3) is 0.333. The van der Waals surface area contributed by atoms with Crippen LogP contribution in [-0.2, 0) is 14.3 Å². The third-order valence-corrected chi connectivity index (χ3v) is 3.50. The van der Waals surface area contributed by atoms with Crippen molar-refractivity contribution in [1.29, 1.82) is 0 Å². The topological polar surface area (TPSA) is 75.6 Å². The van der Waals surface area contributed by atoms with Crippen molar-refractivity contribution >= 4 is 33.9 Å². The first-order valence-corrected chi connectivity index (χ1v) is 7.18. The van der Waals surface area contributed by atoms with E-state index >= 15 is 0 Å². The molecule has 0 bridgehead atoms. The number of methoxy groups -OCH3 is 1. The molecule has 0 saturated heterocycles. The lowest BCUT2D eigenvalue weighted by Gasteiger charge is -2.12. The highest BCUT2D eigenvalue weighted by molar-refractivity contribution is 9.10. The highest BCUT2D eigenvalue weighted by Gasteiger charge is 2.12. The molecule has 5 nitrogen and oxygen atoms in total. The van der Waals surface area contributed by atoms with E-state index in [1.165, 1.54) is 13.2 Å². The second kappa shape index (κ2) is 8.59. The molecule has 1 unspecified atom stereocenters. The first kappa shape index (κ1) is 17.4. The van der Waals surface area contributed by atoms with Crippen LogP contribution >= 0.6 is 15.9 Å². The number of aliphatic carboxylic acids is 1. The third kappa shape index (κ3) is 6.55.